The van der Waals surface area contributed by atoms with Crippen molar-refractivity contribution in [1.82, 2.24) is 0 Å². The zero-order chi connectivity index (χ0) is 14.5. The molecule has 20 heavy (non-hydrogen) atoms. The lowest BCUT2D eigenvalue weighted by Gasteiger charge is -2.05. The van der Waals surface area contributed by atoms with Gasteiger partial charge in [-0.2, -0.15) is 0 Å². The molecule has 0 amide bonds. The van der Waals surface area contributed by atoms with Crippen LogP contribution in [0.3, 0.4) is 0 Å². The second-order valence-corrected chi connectivity index (χ2v) is 6.37. The van der Waals surface area contributed by atoms with Crippen LogP contribution >= 0.6 is 15.9 Å². The van der Waals surface area contributed by atoms with Crippen LogP contribution in [0.15, 0.2) is 57.9 Å². The minimum atomic E-state index is -1.36. The molecule has 0 aliphatic rings. The summed E-state index contributed by atoms with van der Waals surface area (Å²) in [6.07, 6.45) is 0. The molecule has 0 fully saturated rings. The number of methoxy groups -OCH3 is 1. The van der Waals surface area contributed by atoms with E-state index >= 15 is 0 Å². The van der Waals surface area contributed by atoms with Crippen LogP contribution in [0.5, 0.6) is 5.75 Å². The van der Waals surface area contributed by atoms with Gasteiger partial charge in [0, 0.05) is 14.9 Å². The summed E-state index contributed by atoms with van der Waals surface area (Å²) in [4.78, 5) is 12.7. The summed E-state index contributed by atoms with van der Waals surface area (Å²) in [5, 5.41) is 0. The van der Waals surface area contributed by atoms with Gasteiger partial charge in [-0.3, -0.25) is 9.00 Å². The van der Waals surface area contributed by atoms with Crippen LogP contribution in [0, 0.1) is 0 Å². The summed E-state index contributed by atoms with van der Waals surface area (Å²) < 4.78 is 17.9. The fraction of sp³-hybridized carbons (Fsp3) is 0.133. The number of ketones is 1. The van der Waals surface area contributed by atoms with Gasteiger partial charge in [0.15, 0.2) is 5.78 Å². The van der Waals surface area contributed by atoms with Crippen LogP contribution in [-0.4, -0.2) is 22.9 Å². The van der Waals surface area contributed by atoms with E-state index in [4.69, 9.17) is 4.74 Å². The second-order valence-electron chi connectivity index (χ2n) is 4.07. The van der Waals surface area contributed by atoms with Crippen LogP contribution in [0.1, 0.15) is 10.4 Å². The highest BCUT2D eigenvalue weighted by molar-refractivity contribution is 9.10. The third-order valence-electron chi connectivity index (χ3n) is 2.76. The van der Waals surface area contributed by atoms with Gasteiger partial charge in [-0.05, 0) is 30.3 Å². The number of hydrogen-bond acceptors (Lipinski definition) is 3. The van der Waals surface area contributed by atoms with Crippen LogP contribution < -0.4 is 4.74 Å². The first kappa shape index (κ1) is 14.9. The predicted molar refractivity (Wildman–Crippen MR) is 82.7 cm³/mol. The molecule has 5 heteroatoms. The van der Waals surface area contributed by atoms with E-state index in [9.17, 15) is 9.00 Å². The second kappa shape index (κ2) is 6.81. The van der Waals surface area contributed by atoms with Gasteiger partial charge in [0.2, 0.25) is 0 Å². The van der Waals surface area contributed by atoms with Crippen LogP contribution in [0.2, 0.25) is 0 Å². The summed E-state index contributed by atoms with van der Waals surface area (Å²) in [5.41, 5.74) is 0.550. The average molecular weight is 353 g/mol. The normalized spacial score (nSPS) is 11.9. The van der Waals surface area contributed by atoms with Gasteiger partial charge in [-0.25, -0.2) is 0 Å². The van der Waals surface area contributed by atoms with Crippen molar-refractivity contribution >= 4 is 32.5 Å². The third kappa shape index (κ3) is 3.55. The average Bonchev–Trinajstić information content (AvgIpc) is 2.47. The molecule has 2 rings (SSSR count). The molecule has 1 unspecified atom stereocenters. The number of halogens is 1. The molecular weight excluding hydrogens is 340 g/mol. The Labute approximate surface area is 128 Å². The third-order valence-corrected chi connectivity index (χ3v) is 4.77. The van der Waals surface area contributed by atoms with E-state index in [1.165, 1.54) is 0 Å². The topological polar surface area (TPSA) is 43.4 Å². The van der Waals surface area contributed by atoms with Crippen LogP contribution in [0.4, 0.5) is 0 Å². The van der Waals surface area contributed by atoms with Crippen molar-refractivity contribution in [2.75, 3.05) is 12.9 Å². The maximum Gasteiger partial charge on any atom is 0.176 e. The highest BCUT2D eigenvalue weighted by Gasteiger charge is 2.14. The number of benzene rings is 2. The molecule has 0 spiro atoms. The van der Waals surface area contributed by atoms with Crippen molar-refractivity contribution in [3.63, 3.8) is 0 Å². The molecule has 0 aliphatic carbocycles. The Morgan fingerprint density at radius 2 is 1.80 bits per heavy atom. The molecular formula is C15H13BrO3S. The molecule has 0 aliphatic heterocycles. The van der Waals surface area contributed by atoms with Crippen LogP contribution in [-0.2, 0) is 10.8 Å². The van der Waals surface area contributed by atoms with Crippen molar-refractivity contribution in [2.45, 2.75) is 4.90 Å². The monoisotopic (exact) mass is 352 g/mol. The molecule has 2 aromatic rings. The molecule has 0 saturated heterocycles. The molecule has 0 radical (unpaired) electrons. The summed E-state index contributed by atoms with van der Waals surface area (Å²) in [6.45, 7) is 0. The lowest BCUT2D eigenvalue weighted by molar-refractivity contribution is 0.102. The molecule has 0 bridgehead atoms. The number of carbonyl (C=O) groups excluding carboxylic acids is 1. The van der Waals surface area contributed by atoms with Gasteiger partial charge < -0.3 is 4.74 Å². The number of carbonyl (C=O) groups is 1. The maximum atomic E-state index is 12.2. The summed E-state index contributed by atoms with van der Waals surface area (Å²) in [6, 6.07) is 14.0. The van der Waals surface area contributed by atoms with E-state index < -0.39 is 10.8 Å². The zero-order valence-electron chi connectivity index (χ0n) is 10.8. The highest BCUT2D eigenvalue weighted by Crippen LogP contribution is 2.19. The highest BCUT2D eigenvalue weighted by atomic mass is 79.9. The minimum absolute atomic E-state index is 0.0328. The first-order valence-corrected chi connectivity index (χ1v) is 8.03. The number of hydrogen-bond donors (Lipinski definition) is 0. The van der Waals surface area contributed by atoms with Crippen molar-refractivity contribution in [1.29, 1.82) is 0 Å². The van der Waals surface area contributed by atoms with E-state index in [1.54, 1.807) is 49.6 Å². The Morgan fingerprint density at radius 3 is 2.40 bits per heavy atom. The molecule has 0 N–H and O–H groups in total. The van der Waals surface area contributed by atoms with Gasteiger partial charge in [0.25, 0.3) is 0 Å². The van der Waals surface area contributed by atoms with Crippen molar-refractivity contribution in [2.24, 2.45) is 0 Å². The van der Waals surface area contributed by atoms with E-state index in [-0.39, 0.29) is 11.5 Å². The lowest BCUT2D eigenvalue weighted by atomic mass is 10.1. The van der Waals surface area contributed by atoms with Gasteiger partial charge in [0.05, 0.1) is 23.7 Å². The number of Topliss-reactive ketones (excluding diaryl/α,β-unsaturated/α-hetero) is 1. The molecule has 1 atom stereocenters. The van der Waals surface area contributed by atoms with Crippen molar-refractivity contribution in [3.8, 4) is 5.75 Å². The van der Waals surface area contributed by atoms with E-state index in [0.29, 0.717) is 16.2 Å². The standard InChI is InChI=1S/C15H13BrO3S/c1-19-11-6-8-12(9-7-11)20(18)10-15(17)13-4-2-3-5-14(13)16/h2-9H,10H2,1H3. The van der Waals surface area contributed by atoms with Gasteiger partial charge >= 0.3 is 0 Å². The Hall–Kier alpha value is -1.46. The fourth-order valence-electron chi connectivity index (χ4n) is 1.70. The van der Waals surface area contributed by atoms with E-state index in [1.807, 2.05) is 6.07 Å². The summed E-state index contributed by atoms with van der Waals surface area (Å²) >= 11 is 3.33. The van der Waals surface area contributed by atoms with Gasteiger partial charge in [-0.1, -0.05) is 34.1 Å². The first-order valence-electron chi connectivity index (χ1n) is 5.92. The fourth-order valence-corrected chi connectivity index (χ4v) is 3.20. The lowest BCUT2D eigenvalue weighted by Crippen LogP contribution is -2.11. The van der Waals surface area contributed by atoms with E-state index in [2.05, 4.69) is 15.9 Å². The molecule has 0 saturated carbocycles. The zero-order valence-corrected chi connectivity index (χ0v) is 13.2. The molecule has 0 aromatic heterocycles. The SMILES string of the molecule is COc1ccc(S(=O)CC(=O)c2ccccc2Br)cc1. The largest absolute Gasteiger partial charge is 0.497 e. The van der Waals surface area contributed by atoms with Crippen molar-refractivity contribution in [3.05, 3.63) is 58.6 Å². The quantitative estimate of drug-likeness (QED) is 0.774. The molecule has 2 aromatic carbocycles. The number of rotatable bonds is 5. The van der Waals surface area contributed by atoms with Crippen LogP contribution in [0.25, 0.3) is 0 Å². The van der Waals surface area contributed by atoms with Crippen molar-refractivity contribution < 1.29 is 13.7 Å². The van der Waals surface area contributed by atoms with E-state index in [0.717, 1.165) is 4.47 Å². The molecule has 3 nitrogen and oxygen atoms in total. The maximum absolute atomic E-state index is 12.2. The Morgan fingerprint density at radius 1 is 1.15 bits per heavy atom. The smallest absolute Gasteiger partial charge is 0.176 e. The molecule has 0 heterocycles. The van der Waals surface area contributed by atoms with Gasteiger partial charge in [-0.15, -0.1) is 0 Å². The summed E-state index contributed by atoms with van der Waals surface area (Å²) in [5.74, 6) is 0.518. The number of ether oxygens (including phenoxy) is 1. The Bertz CT molecular complexity index is 638. The first-order chi connectivity index (χ1) is 9.61. The Kier molecular flexibility index (Phi) is 5.09. The minimum Gasteiger partial charge on any atom is -0.497 e. The summed E-state index contributed by atoms with van der Waals surface area (Å²) in [7, 11) is 0.213. The predicted octanol–water partition coefficient (Wildman–Crippen LogP) is 3.45. The Balaban J connectivity index is 2.11. The van der Waals surface area contributed by atoms with Gasteiger partial charge in [0.1, 0.15) is 5.75 Å². The molecule has 104 valence electrons.